The molecular weight excluding hydrogens is 351 g/mol. The molecule has 0 saturated carbocycles. The third-order valence-electron chi connectivity index (χ3n) is 5.28. The first-order valence-corrected chi connectivity index (χ1v) is 15.3. The topological polar surface area (TPSA) is 0 Å². The fourth-order valence-electron chi connectivity index (χ4n) is 3.70. The summed E-state index contributed by atoms with van der Waals surface area (Å²) in [6.07, 6.45) is 23.1. The fourth-order valence-corrected chi connectivity index (χ4v) is 12.1. The summed E-state index contributed by atoms with van der Waals surface area (Å²) in [5, 5.41) is -1.62. The molecule has 0 fully saturated rings. The molecule has 0 spiro atoms. The van der Waals surface area contributed by atoms with Gasteiger partial charge in [0.05, 0.1) is 0 Å². The van der Waals surface area contributed by atoms with Crippen molar-refractivity contribution < 1.29 is 0 Å². The standard InChI is InChI=1S/C20H44BrP/c1-5-9-13-17-22(21,18-14-10-6-2,19-15-11-7-3)20-16-12-8-4/h5-20H2,1-4H3. The zero-order valence-electron chi connectivity index (χ0n) is 16.1. The van der Waals surface area contributed by atoms with Crippen molar-refractivity contribution >= 4 is 20.8 Å². The van der Waals surface area contributed by atoms with Gasteiger partial charge in [0, 0.05) is 0 Å². The number of rotatable bonds is 16. The predicted molar refractivity (Wildman–Crippen MR) is 113 cm³/mol. The molecule has 0 aromatic carbocycles. The van der Waals surface area contributed by atoms with Crippen molar-refractivity contribution in [1.29, 1.82) is 0 Å². The minimum absolute atomic E-state index is 1.36. The van der Waals surface area contributed by atoms with Crippen LogP contribution in [0.25, 0.3) is 0 Å². The number of hydrogen-bond donors (Lipinski definition) is 0. The first-order valence-electron chi connectivity index (χ1n) is 10.3. The third-order valence-corrected chi connectivity index (χ3v) is 15.3. The first kappa shape index (κ1) is 22.9. The zero-order chi connectivity index (χ0) is 16.8. The molecule has 0 rings (SSSR count). The Labute approximate surface area is 150 Å². The van der Waals surface area contributed by atoms with E-state index in [9.17, 15) is 0 Å². The van der Waals surface area contributed by atoms with Crippen molar-refractivity contribution in [3.63, 3.8) is 0 Å². The molecule has 0 aliphatic heterocycles. The monoisotopic (exact) mass is 394 g/mol. The van der Waals surface area contributed by atoms with Crippen LogP contribution in [0.15, 0.2) is 0 Å². The van der Waals surface area contributed by atoms with Crippen LogP contribution in [0.4, 0.5) is 0 Å². The molecule has 0 heterocycles. The Bertz CT molecular complexity index is 201. The maximum absolute atomic E-state index is 4.54. The van der Waals surface area contributed by atoms with Gasteiger partial charge in [-0.15, -0.1) is 0 Å². The Balaban J connectivity index is 4.89. The summed E-state index contributed by atoms with van der Waals surface area (Å²) in [5.41, 5.74) is 0. The number of unbranched alkanes of at least 4 members (excludes halogenated alkanes) is 8. The van der Waals surface area contributed by atoms with Gasteiger partial charge in [0.25, 0.3) is 0 Å². The van der Waals surface area contributed by atoms with Crippen LogP contribution in [-0.2, 0) is 0 Å². The zero-order valence-corrected chi connectivity index (χ0v) is 18.6. The molecule has 0 atom stereocenters. The van der Waals surface area contributed by atoms with E-state index in [0.29, 0.717) is 0 Å². The van der Waals surface area contributed by atoms with Crippen molar-refractivity contribution in [3.8, 4) is 0 Å². The summed E-state index contributed by atoms with van der Waals surface area (Å²) >= 11 is 4.54. The molecule has 2 heteroatoms. The van der Waals surface area contributed by atoms with Gasteiger partial charge in [-0.2, -0.15) is 0 Å². The first-order chi connectivity index (χ1) is 10.5. The van der Waals surface area contributed by atoms with E-state index in [-0.39, 0.29) is 0 Å². The van der Waals surface area contributed by atoms with Crippen LogP contribution in [0, 0.1) is 0 Å². The van der Waals surface area contributed by atoms with Crippen LogP contribution in [0.1, 0.15) is 105 Å². The summed E-state index contributed by atoms with van der Waals surface area (Å²) in [7, 11) is 0. The molecule has 0 aromatic heterocycles. The summed E-state index contributed by atoms with van der Waals surface area (Å²) in [6.45, 7) is 9.37. The van der Waals surface area contributed by atoms with Crippen LogP contribution < -0.4 is 0 Å². The van der Waals surface area contributed by atoms with Crippen molar-refractivity contribution in [2.24, 2.45) is 0 Å². The van der Waals surface area contributed by atoms with Crippen molar-refractivity contribution in [3.05, 3.63) is 0 Å². The summed E-state index contributed by atoms with van der Waals surface area (Å²) in [6, 6.07) is 0. The molecule has 0 N–H and O–H groups in total. The Morgan fingerprint density at radius 2 is 0.682 bits per heavy atom. The van der Waals surface area contributed by atoms with Crippen molar-refractivity contribution in [2.45, 2.75) is 105 Å². The average Bonchev–Trinajstić information content (AvgIpc) is 2.49. The summed E-state index contributed by atoms with van der Waals surface area (Å²) in [5.74, 6) is 0. The molecule has 0 aromatic rings. The van der Waals surface area contributed by atoms with Gasteiger partial charge in [0.2, 0.25) is 0 Å². The molecule has 0 nitrogen and oxygen atoms in total. The quantitative estimate of drug-likeness (QED) is 0.181. The van der Waals surface area contributed by atoms with Crippen molar-refractivity contribution in [1.82, 2.24) is 0 Å². The van der Waals surface area contributed by atoms with E-state index >= 15 is 0 Å². The van der Waals surface area contributed by atoms with Crippen LogP contribution in [0.3, 0.4) is 0 Å². The molecule has 0 amide bonds. The Morgan fingerprint density at radius 1 is 0.455 bits per heavy atom. The maximum atomic E-state index is 4.54. The molecule has 0 bridgehead atoms. The van der Waals surface area contributed by atoms with Crippen LogP contribution in [0.5, 0.6) is 0 Å². The van der Waals surface area contributed by atoms with Gasteiger partial charge in [0.1, 0.15) is 0 Å². The van der Waals surface area contributed by atoms with Gasteiger partial charge < -0.3 is 0 Å². The predicted octanol–water partition coefficient (Wildman–Crippen LogP) is 8.61. The van der Waals surface area contributed by atoms with Crippen LogP contribution in [0.2, 0.25) is 0 Å². The van der Waals surface area contributed by atoms with Gasteiger partial charge in [-0.3, -0.25) is 0 Å². The van der Waals surface area contributed by atoms with Gasteiger partial charge in [0.15, 0.2) is 0 Å². The molecule has 136 valence electrons. The van der Waals surface area contributed by atoms with Crippen molar-refractivity contribution in [2.75, 3.05) is 24.6 Å². The third kappa shape index (κ3) is 9.92. The summed E-state index contributed by atoms with van der Waals surface area (Å²) < 4.78 is 0. The summed E-state index contributed by atoms with van der Waals surface area (Å²) in [4.78, 5) is 0. The second-order valence-corrected chi connectivity index (χ2v) is 19.0. The minimum atomic E-state index is -1.62. The molecule has 0 unspecified atom stereocenters. The van der Waals surface area contributed by atoms with Gasteiger partial charge in [-0.1, -0.05) is 0 Å². The molecule has 22 heavy (non-hydrogen) atoms. The van der Waals surface area contributed by atoms with E-state index in [1.807, 2.05) is 0 Å². The molecule has 0 saturated heterocycles. The normalized spacial score (nSPS) is 14.0. The molecular formula is C20H44BrP. The fraction of sp³-hybridized carbons (Fsp3) is 1.00. The van der Waals surface area contributed by atoms with E-state index in [0.717, 1.165) is 0 Å². The van der Waals surface area contributed by atoms with E-state index < -0.39 is 5.31 Å². The Hall–Kier alpha value is 0.910. The van der Waals surface area contributed by atoms with E-state index in [4.69, 9.17) is 0 Å². The number of halogens is 1. The number of hydrogen-bond acceptors (Lipinski definition) is 0. The van der Waals surface area contributed by atoms with E-state index in [1.54, 1.807) is 0 Å². The second kappa shape index (κ2) is 13.2. The van der Waals surface area contributed by atoms with E-state index in [2.05, 4.69) is 43.2 Å². The van der Waals surface area contributed by atoms with Crippen LogP contribution in [-0.4, -0.2) is 24.6 Å². The molecule has 0 aliphatic carbocycles. The van der Waals surface area contributed by atoms with Gasteiger partial charge >= 0.3 is 150 Å². The molecule has 0 aliphatic rings. The van der Waals surface area contributed by atoms with E-state index in [1.165, 1.54) is 102 Å². The average molecular weight is 395 g/mol. The molecule has 0 radical (unpaired) electrons. The van der Waals surface area contributed by atoms with Gasteiger partial charge in [-0.25, -0.2) is 0 Å². The Morgan fingerprint density at radius 3 is 0.864 bits per heavy atom. The second-order valence-electron chi connectivity index (χ2n) is 7.54. The SMILES string of the molecule is CCCCCP(Br)(CCCCC)(CCCCC)CCCCC. The van der Waals surface area contributed by atoms with Gasteiger partial charge in [-0.05, 0) is 0 Å². The van der Waals surface area contributed by atoms with Crippen LogP contribution >= 0.6 is 20.8 Å². The Kier molecular flexibility index (Phi) is 13.8.